The van der Waals surface area contributed by atoms with Gasteiger partial charge in [0, 0.05) is 0 Å². The molecule has 0 unspecified atom stereocenters. The molecule has 0 aliphatic rings. The number of rotatable bonds is 5. The van der Waals surface area contributed by atoms with Crippen LogP contribution in [0.25, 0.3) is 0 Å². The van der Waals surface area contributed by atoms with Gasteiger partial charge in [-0.1, -0.05) is 23.8 Å². The van der Waals surface area contributed by atoms with E-state index in [9.17, 15) is 0 Å². The molecule has 2 aromatic carbocycles. The Kier molecular flexibility index (Phi) is 4.45. The van der Waals surface area contributed by atoms with E-state index >= 15 is 0 Å². The Hall–Kier alpha value is -1.96. The monoisotopic (exact) mass is 256 g/mol. The van der Waals surface area contributed by atoms with Gasteiger partial charge in [0.1, 0.15) is 24.7 Å². The predicted octanol–water partition coefficient (Wildman–Crippen LogP) is 4.07. The molecule has 0 aliphatic heterocycles. The van der Waals surface area contributed by atoms with Gasteiger partial charge in [0.2, 0.25) is 0 Å². The topological polar surface area (TPSA) is 18.5 Å². The molecule has 2 rings (SSSR count). The molecule has 0 heterocycles. The Morgan fingerprint density at radius 3 is 1.89 bits per heavy atom. The summed E-state index contributed by atoms with van der Waals surface area (Å²) in [7, 11) is 0. The van der Waals surface area contributed by atoms with Crippen LogP contribution in [0.4, 0.5) is 0 Å². The first kappa shape index (κ1) is 13.5. The SMILES string of the molecule is Cc1ccc(OCCOc2ccc(C)c(C)c2)cc1. The van der Waals surface area contributed by atoms with Crippen LogP contribution in [0.5, 0.6) is 11.5 Å². The maximum Gasteiger partial charge on any atom is 0.122 e. The third kappa shape index (κ3) is 4.02. The first-order chi connectivity index (χ1) is 9.15. The van der Waals surface area contributed by atoms with Crippen LogP contribution in [0.2, 0.25) is 0 Å². The first-order valence-electron chi connectivity index (χ1n) is 6.54. The molecule has 2 heteroatoms. The van der Waals surface area contributed by atoms with Crippen molar-refractivity contribution < 1.29 is 9.47 Å². The van der Waals surface area contributed by atoms with E-state index in [1.54, 1.807) is 0 Å². The molecule has 100 valence electrons. The lowest BCUT2D eigenvalue weighted by molar-refractivity contribution is 0.217. The van der Waals surface area contributed by atoms with E-state index in [4.69, 9.17) is 9.47 Å². The van der Waals surface area contributed by atoms with Crippen molar-refractivity contribution in [2.75, 3.05) is 13.2 Å². The largest absolute Gasteiger partial charge is 0.490 e. The summed E-state index contributed by atoms with van der Waals surface area (Å²) in [6, 6.07) is 14.2. The highest BCUT2D eigenvalue weighted by Gasteiger charge is 1.98. The Morgan fingerprint density at radius 2 is 1.26 bits per heavy atom. The second-order valence-corrected chi connectivity index (χ2v) is 4.76. The van der Waals surface area contributed by atoms with Crippen LogP contribution in [0.3, 0.4) is 0 Å². The Bertz CT molecular complexity index is 529. The van der Waals surface area contributed by atoms with Crippen LogP contribution in [-0.2, 0) is 0 Å². The average molecular weight is 256 g/mol. The van der Waals surface area contributed by atoms with E-state index in [2.05, 4.69) is 32.9 Å². The average Bonchev–Trinajstić information content (AvgIpc) is 2.41. The van der Waals surface area contributed by atoms with E-state index in [-0.39, 0.29) is 0 Å². The molecular formula is C17H20O2. The number of aryl methyl sites for hydroxylation is 3. The van der Waals surface area contributed by atoms with Crippen molar-refractivity contribution >= 4 is 0 Å². The van der Waals surface area contributed by atoms with Gasteiger partial charge in [0.05, 0.1) is 0 Å². The third-order valence-corrected chi connectivity index (χ3v) is 3.12. The van der Waals surface area contributed by atoms with Gasteiger partial charge in [-0.25, -0.2) is 0 Å². The normalized spacial score (nSPS) is 10.3. The van der Waals surface area contributed by atoms with Gasteiger partial charge in [-0.15, -0.1) is 0 Å². The molecule has 0 atom stereocenters. The third-order valence-electron chi connectivity index (χ3n) is 3.12. The maximum atomic E-state index is 5.66. The van der Waals surface area contributed by atoms with Crippen molar-refractivity contribution in [3.63, 3.8) is 0 Å². The van der Waals surface area contributed by atoms with Gasteiger partial charge in [-0.3, -0.25) is 0 Å². The number of benzene rings is 2. The highest BCUT2D eigenvalue weighted by Crippen LogP contribution is 2.16. The van der Waals surface area contributed by atoms with Gasteiger partial charge >= 0.3 is 0 Å². The molecule has 0 aromatic heterocycles. The molecule has 0 radical (unpaired) electrons. The number of hydrogen-bond donors (Lipinski definition) is 0. The Labute approximate surface area is 115 Å². The lowest BCUT2D eigenvalue weighted by Gasteiger charge is -2.09. The van der Waals surface area contributed by atoms with Gasteiger partial charge in [-0.2, -0.15) is 0 Å². The van der Waals surface area contributed by atoms with E-state index < -0.39 is 0 Å². The lowest BCUT2D eigenvalue weighted by atomic mass is 10.1. The fraction of sp³-hybridized carbons (Fsp3) is 0.294. The zero-order valence-corrected chi connectivity index (χ0v) is 11.8. The molecule has 0 saturated heterocycles. The van der Waals surface area contributed by atoms with Crippen molar-refractivity contribution in [2.45, 2.75) is 20.8 Å². The predicted molar refractivity (Wildman–Crippen MR) is 78.1 cm³/mol. The van der Waals surface area contributed by atoms with Crippen molar-refractivity contribution in [1.29, 1.82) is 0 Å². The van der Waals surface area contributed by atoms with Gasteiger partial charge < -0.3 is 9.47 Å². The minimum atomic E-state index is 0.552. The molecule has 19 heavy (non-hydrogen) atoms. The van der Waals surface area contributed by atoms with E-state index in [1.165, 1.54) is 16.7 Å². The van der Waals surface area contributed by atoms with E-state index in [0.717, 1.165) is 11.5 Å². The van der Waals surface area contributed by atoms with Gasteiger partial charge in [0.15, 0.2) is 0 Å². The van der Waals surface area contributed by atoms with Crippen molar-refractivity contribution in [3.05, 3.63) is 59.2 Å². The van der Waals surface area contributed by atoms with Crippen LogP contribution >= 0.6 is 0 Å². The summed E-state index contributed by atoms with van der Waals surface area (Å²) >= 11 is 0. The molecular weight excluding hydrogens is 236 g/mol. The molecule has 0 amide bonds. The summed E-state index contributed by atoms with van der Waals surface area (Å²) in [5.74, 6) is 1.78. The Balaban J connectivity index is 1.77. The fourth-order valence-electron chi connectivity index (χ4n) is 1.76. The summed E-state index contributed by atoms with van der Waals surface area (Å²) in [5, 5.41) is 0. The highest BCUT2D eigenvalue weighted by molar-refractivity contribution is 5.33. The van der Waals surface area contributed by atoms with Crippen LogP contribution in [0.1, 0.15) is 16.7 Å². The van der Waals surface area contributed by atoms with Crippen molar-refractivity contribution in [3.8, 4) is 11.5 Å². The summed E-state index contributed by atoms with van der Waals surface area (Å²) in [6.07, 6.45) is 0. The number of ether oxygens (including phenoxy) is 2. The molecule has 0 bridgehead atoms. The minimum absolute atomic E-state index is 0.552. The van der Waals surface area contributed by atoms with Crippen LogP contribution in [-0.4, -0.2) is 13.2 Å². The van der Waals surface area contributed by atoms with Crippen molar-refractivity contribution in [2.24, 2.45) is 0 Å². The second-order valence-electron chi connectivity index (χ2n) is 4.76. The molecule has 0 N–H and O–H groups in total. The standard InChI is InChI=1S/C17H20O2/c1-13-4-7-16(8-5-13)18-10-11-19-17-9-6-14(2)15(3)12-17/h4-9,12H,10-11H2,1-3H3. The molecule has 0 spiro atoms. The van der Waals surface area contributed by atoms with E-state index in [1.807, 2.05) is 30.3 Å². The van der Waals surface area contributed by atoms with Gasteiger partial charge in [-0.05, 0) is 56.2 Å². The van der Waals surface area contributed by atoms with Crippen LogP contribution in [0.15, 0.2) is 42.5 Å². The summed E-state index contributed by atoms with van der Waals surface area (Å²) in [6.45, 7) is 7.35. The van der Waals surface area contributed by atoms with E-state index in [0.29, 0.717) is 13.2 Å². The van der Waals surface area contributed by atoms with Crippen LogP contribution in [0, 0.1) is 20.8 Å². The smallest absolute Gasteiger partial charge is 0.122 e. The minimum Gasteiger partial charge on any atom is -0.490 e. The zero-order valence-electron chi connectivity index (χ0n) is 11.8. The summed E-state index contributed by atoms with van der Waals surface area (Å²) in [4.78, 5) is 0. The maximum absolute atomic E-state index is 5.66. The fourth-order valence-corrected chi connectivity index (χ4v) is 1.76. The van der Waals surface area contributed by atoms with Gasteiger partial charge in [0.25, 0.3) is 0 Å². The van der Waals surface area contributed by atoms with Crippen molar-refractivity contribution in [1.82, 2.24) is 0 Å². The zero-order chi connectivity index (χ0) is 13.7. The highest BCUT2D eigenvalue weighted by atomic mass is 16.5. The van der Waals surface area contributed by atoms with Crippen LogP contribution < -0.4 is 9.47 Å². The first-order valence-corrected chi connectivity index (χ1v) is 6.54. The molecule has 2 nitrogen and oxygen atoms in total. The quantitative estimate of drug-likeness (QED) is 0.751. The summed E-state index contributed by atoms with van der Waals surface area (Å²) < 4.78 is 11.3. The molecule has 0 fully saturated rings. The molecule has 0 saturated carbocycles. The summed E-state index contributed by atoms with van der Waals surface area (Å²) in [5.41, 5.74) is 3.76. The Morgan fingerprint density at radius 1 is 0.684 bits per heavy atom. The lowest BCUT2D eigenvalue weighted by Crippen LogP contribution is -2.09. The molecule has 0 aliphatic carbocycles. The second kappa shape index (κ2) is 6.28. The number of hydrogen-bond acceptors (Lipinski definition) is 2. The molecule has 2 aromatic rings.